The Morgan fingerprint density at radius 2 is 2.43 bits per heavy atom. The molecule has 5 nitrogen and oxygen atoms in total. The number of hydrogen-bond donors (Lipinski definition) is 1. The van der Waals surface area contributed by atoms with Gasteiger partial charge in [-0.2, -0.15) is 4.98 Å². The first-order valence-electron chi connectivity index (χ1n) is 4.83. The molecule has 5 heteroatoms. The molecule has 0 spiro atoms. The second kappa shape index (κ2) is 3.67. The highest BCUT2D eigenvalue weighted by atomic mass is 16.5. The lowest BCUT2D eigenvalue weighted by Gasteiger charge is -2.16. The van der Waals surface area contributed by atoms with Crippen LogP contribution >= 0.6 is 0 Å². The molecule has 1 unspecified atom stereocenters. The smallest absolute Gasteiger partial charge is 0.229 e. The molecule has 1 N–H and O–H groups in total. The van der Waals surface area contributed by atoms with Gasteiger partial charge < -0.3 is 14.4 Å². The predicted octanol–water partition coefficient (Wildman–Crippen LogP) is 0.326. The number of aromatic nitrogens is 2. The Hall–Kier alpha value is -0.940. The zero-order valence-corrected chi connectivity index (χ0v) is 8.19. The van der Waals surface area contributed by atoms with Crippen molar-refractivity contribution >= 4 is 0 Å². The summed E-state index contributed by atoms with van der Waals surface area (Å²) in [4.78, 5) is 4.14. The van der Waals surface area contributed by atoms with Gasteiger partial charge in [-0.3, -0.25) is 0 Å². The van der Waals surface area contributed by atoms with Crippen molar-refractivity contribution in [1.82, 2.24) is 10.1 Å². The molecule has 1 fully saturated rings. The summed E-state index contributed by atoms with van der Waals surface area (Å²) in [5.74, 6) is 1.18. The molecular weight excluding hydrogens is 184 g/mol. The molecule has 1 saturated heterocycles. The number of nitrogens with zero attached hydrogens (tertiary/aromatic N) is 2. The minimum absolute atomic E-state index is 0.358. The Balaban J connectivity index is 2.02. The molecule has 0 saturated carbocycles. The van der Waals surface area contributed by atoms with E-state index in [1.165, 1.54) is 0 Å². The van der Waals surface area contributed by atoms with Gasteiger partial charge in [-0.15, -0.1) is 0 Å². The van der Waals surface area contributed by atoms with E-state index in [2.05, 4.69) is 10.1 Å². The van der Waals surface area contributed by atoms with Crippen molar-refractivity contribution in [2.45, 2.75) is 31.8 Å². The first-order chi connectivity index (χ1) is 6.72. The van der Waals surface area contributed by atoms with Crippen molar-refractivity contribution in [1.29, 1.82) is 0 Å². The van der Waals surface area contributed by atoms with E-state index in [4.69, 9.17) is 9.26 Å². The summed E-state index contributed by atoms with van der Waals surface area (Å²) in [5.41, 5.74) is -0.808. The molecule has 1 aromatic rings. The van der Waals surface area contributed by atoms with E-state index in [9.17, 15) is 5.11 Å². The summed E-state index contributed by atoms with van der Waals surface area (Å²) >= 11 is 0. The first-order valence-corrected chi connectivity index (χ1v) is 4.83. The largest absolute Gasteiger partial charge is 0.387 e. The molecule has 0 aliphatic carbocycles. The van der Waals surface area contributed by atoms with Gasteiger partial charge in [0, 0.05) is 19.4 Å². The van der Waals surface area contributed by atoms with Gasteiger partial charge >= 0.3 is 0 Å². The highest BCUT2D eigenvalue weighted by Crippen LogP contribution is 2.22. The number of aliphatic hydroxyl groups is 1. The van der Waals surface area contributed by atoms with Gasteiger partial charge in [0.15, 0.2) is 5.82 Å². The van der Waals surface area contributed by atoms with Gasteiger partial charge in [-0.05, 0) is 0 Å². The molecule has 2 heterocycles. The van der Waals surface area contributed by atoms with E-state index in [0.29, 0.717) is 37.8 Å². The molecule has 2 rings (SSSR count). The lowest BCUT2D eigenvalue weighted by Crippen LogP contribution is -2.31. The van der Waals surface area contributed by atoms with Crippen LogP contribution in [0.25, 0.3) is 0 Å². The summed E-state index contributed by atoms with van der Waals surface area (Å²) in [5, 5.41) is 13.7. The fourth-order valence-corrected chi connectivity index (χ4v) is 1.52. The van der Waals surface area contributed by atoms with Crippen LogP contribution in [0.3, 0.4) is 0 Å². The van der Waals surface area contributed by atoms with Crippen molar-refractivity contribution in [3.05, 3.63) is 11.7 Å². The summed E-state index contributed by atoms with van der Waals surface area (Å²) in [7, 11) is 0. The van der Waals surface area contributed by atoms with E-state index in [1.54, 1.807) is 0 Å². The SMILES string of the molecule is CCc1noc(CC2(O)CCOC2)n1. The van der Waals surface area contributed by atoms with Crippen LogP contribution in [0.2, 0.25) is 0 Å². The van der Waals surface area contributed by atoms with Crippen molar-refractivity contribution in [2.24, 2.45) is 0 Å². The lowest BCUT2D eigenvalue weighted by atomic mass is 9.99. The fourth-order valence-electron chi connectivity index (χ4n) is 1.52. The number of aryl methyl sites for hydroxylation is 1. The van der Waals surface area contributed by atoms with Crippen molar-refractivity contribution in [3.63, 3.8) is 0 Å². The van der Waals surface area contributed by atoms with Crippen molar-refractivity contribution in [2.75, 3.05) is 13.2 Å². The normalized spacial score (nSPS) is 27.0. The van der Waals surface area contributed by atoms with Crippen LogP contribution in [0, 0.1) is 0 Å². The van der Waals surface area contributed by atoms with Crippen LogP contribution in [-0.4, -0.2) is 34.1 Å². The molecular formula is C9H14N2O3. The molecule has 14 heavy (non-hydrogen) atoms. The van der Waals surface area contributed by atoms with Gasteiger partial charge in [-0.1, -0.05) is 12.1 Å². The molecule has 0 bridgehead atoms. The summed E-state index contributed by atoms with van der Waals surface area (Å²) < 4.78 is 10.1. The summed E-state index contributed by atoms with van der Waals surface area (Å²) in [6.45, 7) is 2.92. The van der Waals surface area contributed by atoms with E-state index < -0.39 is 5.60 Å². The Morgan fingerprint density at radius 1 is 1.57 bits per heavy atom. The molecule has 1 aliphatic rings. The Bertz CT molecular complexity index is 305. The number of ether oxygens (including phenoxy) is 1. The third kappa shape index (κ3) is 1.93. The van der Waals surface area contributed by atoms with Crippen LogP contribution in [0.1, 0.15) is 25.1 Å². The molecule has 1 atom stereocenters. The van der Waals surface area contributed by atoms with Crippen LogP contribution in [-0.2, 0) is 17.6 Å². The van der Waals surface area contributed by atoms with Gasteiger partial charge in [0.25, 0.3) is 0 Å². The molecule has 0 aromatic carbocycles. The number of hydrogen-bond acceptors (Lipinski definition) is 5. The highest BCUT2D eigenvalue weighted by molar-refractivity contribution is 4.95. The van der Waals surface area contributed by atoms with Gasteiger partial charge in [0.05, 0.1) is 18.6 Å². The Kier molecular flexibility index (Phi) is 2.52. The average molecular weight is 198 g/mol. The van der Waals surface area contributed by atoms with E-state index in [1.807, 2.05) is 6.92 Å². The first kappa shape index (κ1) is 9.61. The van der Waals surface area contributed by atoms with E-state index in [0.717, 1.165) is 6.42 Å². The maximum absolute atomic E-state index is 9.97. The molecule has 0 amide bonds. The maximum atomic E-state index is 9.97. The molecule has 1 aromatic heterocycles. The standard InChI is InChI=1S/C9H14N2O3/c1-2-7-10-8(14-11-7)5-9(12)3-4-13-6-9/h12H,2-6H2,1H3. The van der Waals surface area contributed by atoms with E-state index in [-0.39, 0.29) is 0 Å². The maximum Gasteiger partial charge on any atom is 0.229 e. The van der Waals surface area contributed by atoms with Crippen LogP contribution in [0.15, 0.2) is 4.52 Å². The zero-order valence-electron chi connectivity index (χ0n) is 8.19. The third-order valence-electron chi connectivity index (χ3n) is 2.39. The third-order valence-corrected chi connectivity index (χ3v) is 2.39. The molecule has 0 radical (unpaired) electrons. The highest BCUT2D eigenvalue weighted by Gasteiger charge is 2.34. The lowest BCUT2D eigenvalue weighted by molar-refractivity contribution is 0.0207. The van der Waals surface area contributed by atoms with Crippen LogP contribution in [0.4, 0.5) is 0 Å². The van der Waals surface area contributed by atoms with Crippen molar-refractivity contribution < 1.29 is 14.4 Å². The van der Waals surface area contributed by atoms with Gasteiger partial charge in [0.2, 0.25) is 5.89 Å². The average Bonchev–Trinajstić information content (AvgIpc) is 2.75. The second-order valence-electron chi connectivity index (χ2n) is 3.66. The molecule has 1 aliphatic heterocycles. The van der Waals surface area contributed by atoms with Gasteiger partial charge in [0.1, 0.15) is 0 Å². The Morgan fingerprint density at radius 3 is 3.00 bits per heavy atom. The summed E-state index contributed by atoms with van der Waals surface area (Å²) in [6.07, 6.45) is 1.77. The summed E-state index contributed by atoms with van der Waals surface area (Å²) in [6, 6.07) is 0. The molecule has 78 valence electrons. The Labute approximate surface area is 82.1 Å². The van der Waals surface area contributed by atoms with Crippen molar-refractivity contribution in [3.8, 4) is 0 Å². The van der Waals surface area contributed by atoms with E-state index >= 15 is 0 Å². The monoisotopic (exact) mass is 198 g/mol. The predicted molar refractivity (Wildman–Crippen MR) is 47.8 cm³/mol. The minimum Gasteiger partial charge on any atom is -0.387 e. The van der Waals surface area contributed by atoms with Gasteiger partial charge in [-0.25, -0.2) is 0 Å². The van der Waals surface area contributed by atoms with Crippen LogP contribution < -0.4 is 0 Å². The van der Waals surface area contributed by atoms with Crippen LogP contribution in [0.5, 0.6) is 0 Å². The number of rotatable bonds is 3. The second-order valence-corrected chi connectivity index (χ2v) is 3.66. The quantitative estimate of drug-likeness (QED) is 0.757. The fraction of sp³-hybridized carbons (Fsp3) is 0.778. The minimum atomic E-state index is -0.808. The topological polar surface area (TPSA) is 68.4 Å². The zero-order chi connectivity index (χ0) is 10.0.